The summed E-state index contributed by atoms with van der Waals surface area (Å²) in [4.78, 5) is 12.4. The molecule has 1 N–H and O–H groups in total. The molecule has 1 amide bonds. The Bertz CT molecular complexity index is 813. The molecule has 120 valence electrons. The van der Waals surface area contributed by atoms with Gasteiger partial charge in [0.15, 0.2) is 11.5 Å². The number of nitrogens with zero attached hydrogens (tertiary/aromatic N) is 4. The van der Waals surface area contributed by atoms with Crippen LogP contribution in [0.3, 0.4) is 0 Å². The van der Waals surface area contributed by atoms with Gasteiger partial charge in [0.05, 0.1) is 11.7 Å². The molecule has 3 heterocycles. The van der Waals surface area contributed by atoms with Gasteiger partial charge < -0.3 is 9.84 Å². The van der Waals surface area contributed by atoms with Gasteiger partial charge in [0.1, 0.15) is 0 Å². The van der Waals surface area contributed by atoms with Gasteiger partial charge in [-0.15, -0.1) is 10.2 Å². The molecule has 3 rings (SSSR count). The van der Waals surface area contributed by atoms with Crippen LogP contribution in [0.2, 0.25) is 0 Å². The van der Waals surface area contributed by atoms with Gasteiger partial charge in [0.25, 0.3) is 5.91 Å². The van der Waals surface area contributed by atoms with E-state index < -0.39 is 0 Å². The molecule has 0 saturated carbocycles. The van der Waals surface area contributed by atoms with E-state index in [0.717, 1.165) is 17.8 Å². The molecule has 1 atom stereocenters. The van der Waals surface area contributed by atoms with Crippen LogP contribution in [0.1, 0.15) is 34.5 Å². The Morgan fingerprint density at radius 2 is 2.30 bits per heavy atom. The predicted octanol–water partition coefficient (Wildman–Crippen LogP) is 2.25. The molecule has 0 bridgehead atoms. The monoisotopic (exact) mass is 331 g/mol. The Morgan fingerprint density at radius 3 is 3.04 bits per heavy atom. The van der Waals surface area contributed by atoms with E-state index in [1.54, 1.807) is 24.8 Å². The number of hydrogen-bond acceptors (Lipinski definition) is 6. The summed E-state index contributed by atoms with van der Waals surface area (Å²) < 4.78 is 6.91. The van der Waals surface area contributed by atoms with Crippen molar-refractivity contribution in [3.05, 3.63) is 47.7 Å². The maximum absolute atomic E-state index is 12.4. The van der Waals surface area contributed by atoms with E-state index in [9.17, 15) is 4.79 Å². The van der Waals surface area contributed by atoms with Gasteiger partial charge in [-0.3, -0.25) is 9.20 Å². The van der Waals surface area contributed by atoms with Crippen molar-refractivity contribution in [1.29, 1.82) is 0 Å². The largest absolute Gasteiger partial charge is 0.351 e. The molecule has 0 radical (unpaired) electrons. The lowest BCUT2D eigenvalue weighted by atomic mass is 10.2. The highest BCUT2D eigenvalue weighted by Gasteiger charge is 2.22. The van der Waals surface area contributed by atoms with Crippen molar-refractivity contribution in [2.75, 3.05) is 12.0 Å². The third-order valence-corrected chi connectivity index (χ3v) is 4.06. The van der Waals surface area contributed by atoms with Crippen LogP contribution >= 0.6 is 11.8 Å². The molecule has 23 heavy (non-hydrogen) atoms. The first-order chi connectivity index (χ1) is 11.2. The first kappa shape index (κ1) is 15.5. The zero-order valence-corrected chi connectivity index (χ0v) is 13.7. The quantitative estimate of drug-likeness (QED) is 0.745. The first-order valence-electron chi connectivity index (χ1n) is 7.22. The molecule has 0 aromatic carbocycles. The second-order valence-corrected chi connectivity index (χ2v) is 6.11. The molecule has 0 aliphatic rings. The minimum atomic E-state index is -0.301. The number of rotatable bonds is 6. The summed E-state index contributed by atoms with van der Waals surface area (Å²) >= 11 is 1.72. The van der Waals surface area contributed by atoms with Crippen LogP contribution < -0.4 is 5.32 Å². The number of carbonyl (C=O) groups is 1. The molecular weight excluding hydrogens is 314 g/mol. The van der Waals surface area contributed by atoms with Crippen molar-refractivity contribution in [2.24, 2.45) is 0 Å². The summed E-state index contributed by atoms with van der Waals surface area (Å²) in [6.45, 7) is 1.78. The summed E-state index contributed by atoms with van der Waals surface area (Å²) in [5, 5.41) is 15.1. The summed E-state index contributed by atoms with van der Waals surface area (Å²) in [6.07, 6.45) is 4.66. The highest BCUT2D eigenvalue weighted by molar-refractivity contribution is 7.98. The van der Waals surface area contributed by atoms with Crippen molar-refractivity contribution in [2.45, 2.75) is 19.4 Å². The van der Waals surface area contributed by atoms with E-state index in [2.05, 4.69) is 20.7 Å². The molecule has 3 aromatic heterocycles. The van der Waals surface area contributed by atoms with Gasteiger partial charge in [0.2, 0.25) is 5.76 Å². The van der Waals surface area contributed by atoms with Gasteiger partial charge in [-0.1, -0.05) is 11.2 Å². The number of thioether (sulfide) groups is 1. The Balaban J connectivity index is 1.87. The standard InChI is InChI=1S/C15H17N5O2S/c1-10-9-12(22-19-10)15(21)16-11(6-8-23-2)14-18-17-13-5-3-4-7-20(13)14/h3-5,7,9,11H,6,8H2,1-2H3,(H,16,21). The van der Waals surface area contributed by atoms with Gasteiger partial charge in [-0.25, -0.2) is 0 Å². The fourth-order valence-electron chi connectivity index (χ4n) is 2.30. The summed E-state index contributed by atoms with van der Waals surface area (Å²) in [5.41, 5.74) is 1.42. The average Bonchev–Trinajstić information content (AvgIpc) is 3.17. The number of aryl methyl sites for hydroxylation is 1. The molecular formula is C15H17N5O2S. The van der Waals surface area contributed by atoms with E-state index >= 15 is 0 Å². The fourth-order valence-corrected chi connectivity index (χ4v) is 2.77. The van der Waals surface area contributed by atoms with Crippen LogP contribution in [0.4, 0.5) is 0 Å². The van der Waals surface area contributed by atoms with Crippen molar-refractivity contribution < 1.29 is 9.32 Å². The zero-order chi connectivity index (χ0) is 16.2. The molecule has 8 heteroatoms. The van der Waals surface area contributed by atoms with Crippen LogP contribution in [-0.2, 0) is 0 Å². The maximum atomic E-state index is 12.4. The topological polar surface area (TPSA) is 85.3 Å². The maximum Gasteiger partial charge on any atom is 0.290 e. The predicted molar refractivity (Wildman–Crippen MR) is 87.4 cm³/mol. The Hall–Kier alpha value is -2.35. The van der Waals surface area contributed by atoms with Crippen LogP contribution in [0.15, 0.2) is 35.0 Å². The second kappa shape index (κ2) is 6.82. The number of hydrogen-bond donors (Lipinski definition) is 1. The summed E-state index contributed by atoms with van der Waals surface area (Å²) in [6, 6.07) is 7.05. The van der Waals surface area contributed by atoms with E-state index in [1.807, 2.05) is 35.1 Å². The van der Waals surface area contributed by atoms with Crippen molar-refractivity contribution in [3.63, 3.8) is 0 Å². The van der Waals surface area contributed by atoms with Crippen LogP contribution in [0, 0.1) is 6.92 Å². The van der Waals surface area contributed by atoms with E-state index in [4.69, 9.17) is 4.52 Å². The van der Waals surface area contributed by atoms with Gasteiger partial charge in [0, 0.05) is 12.3 Å². The van der Waals surface area contributed by atoms with Crippen molar-refractivity contribution in [3.8, 4) is 0 Å². The van der Waals surface area contributed by atoms with E-state index in [1.165, 1.54) is 0 Å². The highest BCUT2D eigenvalue weighted by atomic mass is 32.2. The van der Waals surface area contributed by atoms with Gasteiger partial charge in [-0.2, -0.15) is 11.8 Å². The molecule has 1 unspecified atom stereocenters. The summed E-state index contributed by atoms with van der Waals surface area (Å²) in [7, 11) is 0. The molecule has 0 aliphatic heterocycles. The second-order valence-electron chi connectivity index (χ2n) is 5.13. The molecule has 0 fully saturated rings. The Morgan fingerprint density at radius 1 is 1.43 bits per heavy atom. The lowest BCUT2D eigenvalue weighted by Gasteiger charge is -2.16. The number of amides is 1. The fraction of sp³-hybridized carbons (Fsp3) is 0.333. The van der Waals surface area contributed by atoms with Gasteiger partial charge >= 0.3 is 0 Å². The summed E-state index contributed by atoms with van der Waals surface area (Å²) in [5.74, 6) is 1.50. The number of carbonyl (C=O) groups excluding carboxylic acids is 1. The van der Waals surface area contributed by atoms with Crippen molar-refractivity contribution in [1.82, 2.24) is 25.1 Å². The SMILES string of the molecule is CSCCC(NC(=O)c1cc(C)no1)c1nnc2ccccn12. The molecule has 0 spiro atoms. The van der Waals surface area contributed by atoms with Gasteiger partial charge in [-0.05, 0) is 37.5 Å². The van der Waals surface area contributed by atoms with Crippen LogP contribution in [0.25, 0.3) is 5.65 Å². The molecule has 0 aliphatic carbocycles. The molecule has 7 nitrogen and oxygen atoms in total. The number of fused-ring (bicyclic) bond motifs is 1. The smallest absolute Gasteiger partial charge is 0.290 e. The van der Waals surface area contributed by atoms with E-state index in [0.29, 0.717) is 11.5 Å². The minimum Gasteiger partial charge on any atom is -0.351 e. The molecule has 3 aromatic rings. The minimum absolute atomic E-state index is 0.200. The normalized spacial score (nSPS) is 12.4. The third kappa shape index (κ3) is 3.37. The first-order valence-corrected chi connectivity index (χ1v) is 8.61. The Labute approximate surface area is 137 Å². The lowest BCUT2D eigenvalue weighted by Crippen LogP contribution is -2.30. The number of nitrogens with one attached hydrogen (secondary N) is 1. The lowest BCUT2D eigenvalue weighted by molar-refractivity contribution is 0.0896. The van der Waals surface area contributed by atoms with E-state index in [-0.39, 0.29) is 17.7 Å². The Kier molecular flexibility index (Phi) is 4.61. The van der Waals surface area contributed by atoms with Crippen molar-refractivity contribution >= 4 is 23.3 Å². The third-order valence-electron chi connectivity index (χ3n) is 3.42. The molecule has 0 saturated heterocycles. The highest BCUT2D eigenvalue weighted by Crippen LogP contribution is 2.19. The average molecular weight is 331 g/mol. The number of pyridine rings is 1. The number of aromatic nitrogens is 4. The zero-order valence-electron chi connectivity index (χ0n) is 12.9. The van der Waals surface area contributed by atoms with Crippen LogP contribution in [0.5, 0.6) is 0 Å². The van der Waals surface area contributed by atoms with Crippen LogP contribution in [-0.4, -0.2) is 37.7 Å².